The molecule has 0 unspecified atom stereocenters. The standard InChI is InChI=1S/C19H21F2N5O2/c1-9-16-17(26(3)10(2)18(27)24-16)25-19(22-9)23-12-7-13(8-12)28-15-5-4-11(20)6-14(15)21/h4-6,10,12-13H,7-8H2,1-3H3,(H,24,27)(H,22,23,25)/t10-,12?,13?/m0/s1. The van der Waals surface area contributed by atoms with E-state index in [1.165, 1.54) is 12.1 Å². The minimum Gasteiger partial charge on any atom is -0.487 e. The average Bonchev–Trinajstić information content (AvgIpc) is 2.61. The second-order valence-electron chi connectivity index (χ2n) is 7.23. The zero-order valence-electron chi connectivity index (χ0n) is 15.8. The predicted octanol–water partition coefficient (Wildman–Crippen LogP) is 2.86. The molecule has 2 heterocycles. The van der Waals surface area contributed by atoms with E-state index < -0.39 is 11.6 Å². The molecule has 0 spiro atoms. The van der Waals surface area contributed by atoms with E-state index in [0.717, 1.165) is 6.07 Å². The summed E-state index contributed by atoms with van der Waals surface area (Å²) in [6.07, 6.45) is 1.15. The number of fused-ring (bicyclic) bond motifs is 1. The van der Waals surface area contributed by atoms with Gasteiger partial charge >= 0.3 is 0 Å². The summed E-state index contributed by atoms with van der Waals surface area (Å²) >= 11 is 0. The Bertz CT molecular complexity index is 933. The highest BCUT2D eigenvalue weighted by Gasteiger charge is 2.34. The number of carbonyl (C=O) groups excluding carboxylic acids is 1. The molecule has 9 heteroatoms. The van der Waals surface area contributed by atoms with E-state index in [9.17, 15) is 13.6 Å². The lowest BCUT2D eigenvalue weighted by atomic mass is 9.89. The molecule has 1 aliphatic heterocycles. The normalized spacial score (nSPS) is 23.5. The number of hydrogen-bond donors (Lipinski definition) is 2. The molecule has 1 fully saturated rings. The van der Waals surface area contributed by atoms with E-state index in [4.69, 9.17) is 4.74 Å². The average molecular weight is 389 g/mol. The van der Waals surface area contributed by atoms with Crippen LogP contribution >= 0.6 is 0 Å². The summed E-state index contributed by atoms with van der Waals surface area (Å²) in [6, 6.07) is 3.05. The largest absolute Gasteiger partial charge is 0.487 e. The third kappa shape index (κ3) is 3.32. The Morgan fingerprint density at radius 2 is 2.04 bits per heavy atom. The molecule has 1 aliphatic carbocycles. The molecular formula is C19H21F2N5O2. The minimum absolute atomic E-state index is 0.0529. The van der Waals surface area contributed by atoms with Crippen LogP contribution in [-0.2, 0) is 4.79 Å². The molecule has 4 rings (SSSR count). The summed E-state index contributed by atoms with van der Waals surface area (Å²) in [6.45, 7) is 3.63. The van der Waals surface area contributed by atoms with Crippen molar-refractivity contribution in [2.75, 3.05) is 22.6 Å². The number of ether oxygens (including phenoxy) is 1. The minimum atomic E-state index is -0.704. The quantitative estimate of drug-likeness (QED) is 0.837. The van der Waals surface area contributed by atoms with Gasteiger partial charge in [-0.25, -0.2) is 13.8 Å². The number of rotatable bonds is 4. The van der Waals surface area contributed by atoms with Crippen molar-refractivity contribution in [2.24, 2.45) is 0 Å². The molecule has 0 saturated heterocycles. The maximum atomic E-state index is 13.7. The van der Waals surface area contributed by atoms with Gasteiger partial charge in [-0.2, -0.15) is 4.98 Å². The molecule has 2 aromatic rings. The van der Waals surface area contributed by atoms with Crippen LogP contribution in [0.1, 0.15) is 25.5 Å². The van der Waals surface area contributed by atoms with Gasteiger partial charge in [0.15, 0.2) is 17.4 Å². The Hall–Kier alpha value is -2.97. The van der Waals surface area contributed by atoms with E-state index >= 15 is 0 Å². The van der Waals surface area contributed by atoms with Crippen molar-refractivity contribution in [1.29, 1.82) is 0 Å². The number of benzene rings is 1. The van der Waals surface area contributed by atoms with Crippen molar-refractivity contribution in [3.8, 4) is 5.75 Å². The fourth-order valence-electron chi connectivity index (χ4n) is 3.32. The highest BCUT2D eigenvalue weighted by molar-refractivity contribution is 6.03. The Kier molecular flexibility index (Phi) is 4.52. The first-order valence-corrected chi connectivity index (χ1v) is 9.12. The number of nitrogens with zero attached hydrogens (tertiary/aromatic N) is 3. The van der Waals surface area contributed by atoms with Crippen LogP contribution in [0.15, 0.2) is 18.2 Å². The number of halogens is 2. The van der Waals surface area contributed by atoms with Gasteiger partial charge in [0.05, 0.1) is 5.69 Å². The van der Waals surface area contributed by atoms with Crippen LogP contribution in [0.2, 0.25) is 0 Å². The number of nitrogens with one attached hydrogen (secondary N) is 2. The first kappa shape index (κ1) is 18.4. The molecule has 1 atom stereocenters. The van der Waals surface area contributed by atoms with Crippen molar-refractivity contribution >= 4 is 23.4 Å². The summed E-state index contributed by atoms with van der Waals surface area (Å²) in [5.74, 6) is -0.227. The SMILES string of the molecule is Cc1nc(NC2CC(Oc3ccc(F)cc3F)C2)nc2c1NC(=O)[C@H](C)N2C. The molecule has 1 saturated carbocycles. The van der Waals surface area contributed by atoms with Crippen LogP contribution in [0.4, 0.5) is 26.2 Å². The van der Waals surface area contributed by atoms with Crippen LogP contribution < -0.4 is 20.3 Å². The Balaban J connectivity index is 1.40. The number of hydrogen-bond acceptors (Lipinski definition) is 6. The smallest absolute Gasteiger partial charge is 0.246 e. The Morgan fingerprint density at radius 3 is 2.75 bits per heavy atom. The number of carbonyl (C=O) groups is 1. The molecule has 1 aromatic heterocycles. The summed E-state index contributed by atoms with van der Waals surface area (Å²) in [5.41, 5.74) is 1.30. The third-order valence-corrected chi connectivity index (χ3v) is 5.23. The lowest BCUT2D eigenvalue weighted by Gasteiger charge is -2.37. The number of aryl methyl sites for hydroxylation is 1. The fraction of sp³-hybridized carbons (Fsp3) is 0.421. The zero-order chi connectivity index (χ0) is 20.0. The highest BCUT2D eigenvalue weighted by atomic mass is 19.1. The number of likely N-dealkylation sites (N-methyl/N-ethyl adjacent to an activating group) is 1. The van der Waals surface area contributed by atoms with Gasteiger partial charge in [-0.15, -0.1) is 0 Å². The van der Waals surface area contributed by atoms with Gasteiger partial charge in [-0.05, 0) is 26.0 Å². The molecule has 0 bridgehead atoms. The Morgan fingerprint density at radius 1 is 1.29 bits per heavy atom. The van der Waals surface area contributed by atoms with Gasteiger partial charge in [-0.1, -0.05) is 0 Å². The first-order valence-electron chi connectivity index (χ1n) is 9.12. The maximum absolute atomic E-state index is 13.7. The maximum Gasteiger partial charge on any atom is 0.246 e. The van der Waals surface area contributed by atoms with E-state index in [1.54, 1.807) is 0 Å². The van der Waals surface area contributed by atoms with E-state index in [0.29, 0.717) is 36.0 Å². The zero-order valence-corrected chi connectivity index (χ0v) is 15.8. The van der Waals surface area contributed by atoms with Gasteiger partial charge in [-0.3, -0.25) is 4.79 Å². The van der Waals surface area contributed by atoms with Gasteiger partial charge < -0.3 is 20.3 Å². The predicted molar refractivity (Wildman–Crippen MR) is 101 cm³/mol. The first-order chi connectivity index (χ1) is 13.3. The van der Waals surface area contributed by atoms with Gasteiger partial charge in [0.2, 0.25) is 11.9 Å². The van der Waals surface area contributed by atoms with Crippen molar-refractivity contribution in [2.45, 2.75) is 44.9 Å². The topological polar surface area (TPSA) is 79.4 Å². The van der Waals surface area contributed by atoms with Crippen molar-refractivity contribution in [1.82, 2.24) is 9.97 Å². The summed E-state index contributed by atoms with van der Waals surface area (Å²) in [7, 11) is 1.82. The van der Waals surface area contributed by atoms with E-state index in [1.807, 2.05) is 25.8 Å². The summed E-state index contributed by atoms with van der Waals surface area (Å²) in [5, 5.41) is 6.10. The van der Waals surface area contributed by atoms with Gasteiger partial charge in [0, 0.05) is 32.0 Å². The van der Waals surface area contributed by atoms with Crippen molar-refractivity contribution in [3.05, 3.63) is 35.5 Å². The number of aromatic nitrogens is 2. The Labute approximate surface area is 161 Å². The van der Waals surface area contributed by atoms with E-state index in [-0.39, 0.29) is 29.8 Å². The molecule has 2 aliphatic rings. The molecule has 148 valence electrons. The molecule has 2 N–H and O–H groups in total. The third-order valence-electron chi connectivity index (χ3n) is 5.23. The second kappa shape index (κ2) is 6.88. The van der Waals surface area contributed by atoms with Crippen LogP contribution in [0.3, 0.4) is 0 Å². The molecule has 1 aromatic carbocycles. The van der Waals surface area contributed by atoms with Crippen LogP contribution in [-0.4, -0.2) is 41.1 Å². The molecule has 0 radical (unpaired) electrons. The highest BCUT2D eigenvalue weighted by Crippen LogP contribution is 2.34. The number of anilines is 3. The monoisotopic (exact) mass is 389 g/mol. The summed E-state index contributed by atoms with van der Waals surface area (Å²) in [4.78, 5) is 22.8. The van der Waals surface area contributed by atoms with Gasteiger partial charge in [0.1, 0.15) is 23.7 Å². The molecule has 1 amide bonds. The molecule has 28 heavy (non-hydrogen) atoms. The van der Waals surface area contributed by atoms with Crippen LogP contribution in [0, 0.1) is 18.6 Å². The van der Waals surface area contributed by atoms with Crippen molar-refractivity contribution < 1.29 is 18.3 Å². The lowest BCUT2D eigenvalue weighted by molar-refractivity contribution is -0.117. The van der Waals surface area contributed by atoms with Gasteiger partial charge in [0.25, 0.3) is 0 Å². The second-order valence-corrected chi connectivity index (χ2v) is 7.23. The lowest BCUT2D eigenvalue weighted by Crippen LogP contribution is -2.45. The van der Waals surface area contributed by atoms with E-state index in [2.05, 4.69) is 20.6 Å². The summed E-state index contributed by atoms with van der Waals surface area (Å²) < 4.78 is 32.2. The molecular weight excluding hydrogens is 368 g/mol. The van der Waals surface area contributed by atoms with Crippen LogP contribution in [0.5, 0.6) is 5.75 Å². The molecule has 7 nitrogen and oxygen atoms in total. The van der Waals surface area contributed by atoms with Crippen LogP contribution in [0.25, 0.3) is 0 Å². The fourth-order valence-corrected chi connectivity index (χ4v) is 3.32. The van der Waals surface area contributed by atoms with Crippen molar-refractivity contribution in [3.63, 3.8) is 0 Å². The number of amides is 1.